The van der Waals surface area contributed by atoms with Gasteiger partial charge in [0.15, 0.2) is 0 Å². The van der Waals surface area contributed by atoms with Crippen LogP contribution in [0.5, 0.6) is 0 Å². The molecule has 0 saturated heterocycles. The summed E-state index contributed by atoms with van der Waals surface area (Å²) < 4.78 is 0. The maximum absolute atomic E-state index is 9.90. The lowest BCUT2D eigenvalue weighted by molar-refractivity contribution is 0.165. The highest BCUT2D eigenvalue weighted by Crippen LogP contribution is 2.06. The van der Waals surface area contributed by atoms with E-state index < -0.39 is 6.09 Å². The standard InChI is InChI=1S/C7H14NO2/c1-5(2)6(3)4-8-7(9)10/h5-6,8H,4H2,1-3H3. The summed E-state index contributed by atoms with van der Waals surface area (Å²) in [7, 11) is 0. The van der Waals surface area contributed by atoms with Crippen LogP contribution >= 0.6 is 0 Å². The molecule has 1 radical (unpaired) electrons. The van der Waals surface area contributed by atoms with Crippen LogP contribution in [0.4, 0.5) is 4.79 Å². The first-order chi connectivity index (χ1) is 4.54. The van der Waals surface area contributed by atoms with Gasteiger partial charge in [0.1, 0.15) is 0 Å². The van der Waals surface area contributed by atoms with Crippen molar-refractivity contribution in [2.24, 2.45) is 11.8 Å². The van der Waals surface area contributed by atoms with Crippen LogP contribution in [0.15, 0.2) is 0 Å². The highest BCUT2D eigenvalue weighted by molar-refractivity contribution is 5.63. The zero-order valence-corrected chi connectivity index (χ0v) is 6.68. The fourth-order valence-electron chi connectivity index (χ4n) is 0.480. The van der Waals surface area contributed by atoms with Gasteiger partial charge >= 0.3 is 6.09 Å². The van der Waals surface area contributed by atoms with Gasteiger partial charge in [-0.2, -0.15) is 0 Å². The molecule has 0 spiro atoms. The van der Waals surface area contributed by atoms with Gasteiger partial charge in [-0.3, -0.25) is 0 Å². The van der Waals surface area contributed by atoms with Gasteiger partial charge in [0.05, 0.1) is 0 Å². The quantitative estimate of drug-likeness (QED) is 0.639. The molecule has 1 atom stereocenters. The third-order valence-electron chi connectivity index (χ3n) is 1.71. The Morgan fingerprint density at radius 3 is 2.20 bits per heavy atom. The molecular weight excluding hydrogens is 130 g/mol. The number of carbonyl (C=O) groups excluding carboxylic acids is 1. The van der Waals surface area contributed by atoms with Crippen LogP contribution in [0.2, 0.25) is 0 Å². The van der Waals surface area contributed by atoms with E-state index in [-0.39, 0.29) is 0 Å². The van der Waals surface area contributed by atoms with Gasteiger partial charge in [0.25, 0.3) is 0 Å². The molecule has 0 aliphatic heterocycles. The van der Waals surface area contributed by atoms with Crippen LogP contribution in [0.1, 0.15) is 20.8 Å². The predicted molar refractivity (Wildman–Crippen MR) is 38.1 cm³/mol. The van der Waals surface area contributed by atoms with Crippen LogP contribution < -0.4 is 5.32 Å². The fraction of sp³-hybridized carbons (Fsp3) is 0.857. The summed E-state index contributed by atoms with van der Waals surface area (Å²) in [6.07, 6.45) is -1.19. The molecule has 59 valence electrons. The second-order valence-electron chi connectivity index (χ2n) is 2.89. The molecule has 1 unspecified atom stereocenters. The van der Waals surface area contributed by atoms with E-state index in [9.17, 15) is 9.90 Å². The number of hydrogen-bond donors (Lipinski definition) is 1. The largest absolute Gasteiger partial charge is 0.450 e. The molecule has 0 bridgehead atoms. The molecule has 0 aliphatic carbocycles. The number of hydrogen-bond acceptors (Lipinski definition) is 1. The van der Waals surface area contributed by atoms with Crippen molar-refractivity contribution in [2.75, 3.05) is 6.54 Å². The summed E-state index contributed by atoms with van der Waals surface area (Å²) in [4.78, 5) is 9.90. The van der Waals surface area contributed by atoms with Crippen LogP contribution in [0.3, 0.4) is 0 Å². The van der Waals surface area contributed by atoms with Gasteiger partial charge in [-0.15, -0.1) is 0 Å². The Morgan fingerprint density at radius 1 is 1.40 bits per heavy atom. The first kappa shape index (κ1) is 9.27. The minimum absolute atomic E-state index is 0.373. The topological polar surface area (TPSA) is 49.0 Å². The number of amides is 1. The molecule has 0 saturated carbocycles. The zero-order chi connectivity index (χ0) is 8.15. The molecule has 0 rings (SSSR count). The zero-order valence-electron chi connectivity index (χ0n) is 6.68. The van der Waals surface area contributed by atoms with Gasteiger partial charge < -0.3 is 5.32 Å². The molecule has 0 fully saturated rings. The van der Waals surface area contributed by atoms with Crippen LogP contribution in [0, 0.1) is 11.8 Å². The highest BCUT2D eigenvalue weighted by Gasteiger charge is 2.07. The molecule has 1 N–H and O–H groups in total. The van der Waals surface area contributed by atoms with Crippen molar-refractivity contribution >= 4 is 6.09 Å². The van der Waals surface area contributed by atoms with E-state index >= 15 is 0 Å². The summed E-state index contributed by atoms with van der Waals surface area (Å²) in [5.74, 6) is 0.879. The maximum atomic E-state index is 9.90. The molecule has 10 heavy (non-hydrogen) atoms. The van der Waals surface area contributed by atoms with Crippen molar-refractivity contribution in [3.63, 3.8) is 0 Å². The average Bonchev–Trinajstić information content (AvgIpc) is 1.82. The predicted octanol–water partition coefficient (Wildman–Crippen LogP) is 1.42. The molecule has 0 aromatic heterocycles. The summed E-state index contributed by atoms with van der Waals surface area (Å²) in [5, 5.41) is 12.1. The molecule has 0 aromatic carbocycles. The summed E-state index contributed by atoms with van der Waals surface area (Å²) >= 11 is 0. The first-order valence-corrected chi connectivity index (χ1v) is 3.49. The number of nitrogens with one attached hydrogen (secondary N) is 1. The monoisotopic (exact) mass is 144 g/mol. The normalized spacial score (nSPS) is 13.2. The van der Waals surface area contributed by atoms with E-state index in [2.05, 4.69) is 19.2 Å². The molecule has 1 amide bonds. The highest BCUT2D eigenvalue weighted by atomic mass is 16.4. The van der Waals surface area contributed by atoms with E-state index in [4.69, 9.17) is 0 Å². The Kier molecular flexibility index (Phi) is 3.84. The minimum Gasteiger partial charge on any atom is -0.318 e. The van der Waals surface area contributed by atoms with Crippen molar-refractivity contribution in [2.45, 2.75) is 20.8 Å². The van der Waals surface area contributed by atoms with E-state index in [1.807, 2.05) is 6.92 Å². The van der Waals surface area contributed by atoms with Gasteiger partial charge in [-0.1, -0.05) is 20.8 Å². The van der Waals surface area contributed by atoms with Crippen molar-refractivity contribution < 1.29 is 9.90 Å². The van der Waals surface area contributed by atoms with Gasteiger partial charge in [-0.05, 0) is 11.8 Å². The first-order valence-electron chi connectivity index (χ1n) is 3.49. The Balaban J connectivity index is 3.39. The molecule has 0 aromatic rings. The Bertz CT molecular complexity index is 112. The number of rotatable bonds is 3. The van der Waals surface area contributed by atoms with Crippen molar-refractivity contribution in [3.8, 4) is 0 Å². The van der Waals surface area contributed by atoms with Crippen molar-refractivity contribution in [1.82, 2.24) is 5.32 Å². The smallest absolute Gasteiger partial charge is 0.318 e. The molecule has 0 heterocycles. The molecular formula is C7H14NO2. The van der Waals surface area contributed by atoms with Crippen molar-refractivity contribution in [3.05, 3.63) is 0 Å². The van der Waals surface area contributed by atoms with Gasteiger partial charge in [0, 0.05) is 6.54 Å². The van der Waals surface area contributed by atoms with Gasteiger partial charge in [-0.25, -0.2) is 9.90 Å². The third kappa shape index (κ3) is 4.18. The van der Waals surface area contributed by atoms with E-state index in [0.717, 1.165) is 0 Å². The van der Waals surface area contributed by atoms with E-state index in [0.29, 0.717) is 18.4 Å². The average molecular weight is 144 g/mol. The van der Waals surface area contributed by atoms with E-state index in [1.54, 1.807) is 0 Å². The summed E-state index contributed by atoms with van der Waals surface area (Å²) in [6, 6.07) is 0. The lowest BCUT2D eigenvalue weighted by Gasteiger charge is -2.13. The Labute approximate surface area is 61.4 Å². The minimum atomic E-state index is -1.19. The summed E-state index contributed by atoms with van der Waals surface area (Å²) in [6.45, 7) is 6.60. The van der Waals surface area contributed by atoms with Crippen molar-refractivity contribution in [1.29, 1.82) is 0 Å². The van der Waals surface area contributed by atoms with Gasteiger partial charge in [0.2, 0.25) is 0 Å². The lowest BCUT2D eigenvalue weighted by Crippen LogP contribution is -2.27. The molecule has 0 aliphatic rings. The summed E-state index contributed by atoms with van der Waals surface area (Å²) in [5.41, 5.74) is 0. The van der Waals surface area contributed by atoms with Crippen LogP contribution in [-0.2, 0) is 5.11 Å². The molecule has 3 heteroatoms. The lowest BCUT2D eigenvalue weighted by atomic mass is 9.98. The second-order valence-corrected chi connectivity index (χ2v) is 2.89. The molecule has 3 nitrogen and oxygen atoms in total. The second kappa shape index (κ2) is 4.14. The number of carbonyl (C=O) groups is 1. The Hall–Kier alpha value is -0.730. The third-order valence-corrected chi connectivity index (χ3v) is 1.71. The Morgan fingerprint density at radius 2 is 1.90 bits per heavy atom. The maximum Gasteiger partial charge on any atom is 0.450 e. The fourth-order valence-corrected chi connectivity index (χ4v) is 0.480. The SMILES string of the molecule is CC(C)C(C)CNC([O])=O. The van der Waals surface area contributed by atoms with Crippen LogP contribution in [0.25, 0.3) is 0 Å². The van der Waals surface area contributed by atoms with E-state index in [1.165, 1.54) is 0 Å². The van der Waals surface area contributed by atoms with Crippen LogP contribution in [-0.4, -0.2) is 12.6 Å².